The molecule has 0 amide bonds. The normalized spacial score (nSPS) is 12.3. The minimum Gasteiger partial charge on any atom is -0.497 e. The molecule has 7 heteroatoms. The summed E-state index contributed by atoms with van der Waals surface area (Å²) < 4.78 is 12.7. The van der Waals surface area contributed by atoms with Crippen LogP contribution in [0.4, 0.5) is 5.95 Å². The van der Waals surface area contributed by atoms with Gasteiger partial charge in [-0.1, -0.05) is 6.07 Å². The van der Waals surface area contributed by atoms with Crippen LogP contribution in [0.1, 0.15) is 18.7 Å². The van der Waals surface area contributed by atoms with Crippen molar-refractivity contribution in [3.8, 4) is 11.5 Å². The molecule has 3 rings (SSSR count). The van der Waals surface area contributed by atoms with Crippen molar-refractivity contribution in [3.05, 3.63) is 42.2 Å². The van der Waals surface area contributed by atoms with Crippen molar-refractivity contribution in [2.24, 2.45) is 0 Å². The predicted octanol–water partition coefficient (Wildman–Crippen LogP) is 1.86. The fraction of sp³-hybridized carbons (Fsp3) is 0.214. The number of benzene rings is 1. The van der Waals surface area contributed by atoms with E-state index in [1.54, 1.807) is 17.8 Å². The average Bonchev–Trinajstić information content (AvgIpc) is 2.87. The van der Waals surface area contributed by atoms with E-state index in [1.807, 2.05) is 37.3 Å². The number of rotatable bonds is 4. The molecule has 21 heavy (non-hydrogen) atoms. The summed E-state index contributed by atoms with van der Waals surface area (Å²) in [5.41, 5.74) is 6.42. The third-order valence-corrected chi connectivity index (χ3v) is 3.06. The van der Waals surface area contributed by atoms with Gasteiger partial charge in [-0.25, -0.2) is 4.98 Å². The van der Waals surface area contributed by atoms with Crippen LogP contribution in [0.3, 0.4) is 0 Å². The van der Waals surface area contributed by atoms with Gasteiger partial charge in [-0.05, 0) is 25.1 Å². The minimum atomic E-state index is -0.247. The zero-order valence-electron chi connectivity index (χ0n) is 11.7. The number of methoxy groups -OCH3 is 1. The second-order valence-electron chi connectivity index (χ2n) is 4.49. The number of hydrogen-bond donors (Lipinski definition) is 1. The first-order valence-corrected chi connectivity index (χ1v) is 6.45. The molecule has 2 N–H and O–H groups in total. The first-order valence-electron chi connectivity index (χ1n) is 6.45. The minimum absolute atomic E-state index is 0.184. The molecular formula is C14H15N5O2. The monoisotopic (exact) mass is 285 g/mol. The summed E-state index contributed by atoms with van der Waals surface area (Å²) in [4.78, 5) is 8.15. The Kier molecular flexibility index (Phi) is 3.31. The maximum absolute atomic E-state index is 5.92. The van der Waals surface area contributed by atoms with Gasteiger partial charge >= 0.3 is 0 Å². The van der Waals surface area contributed by atoms with E-state index in [0.717, 1.165) is 11.4 Å². The van der Waals surface area contributed by atoms with Gasteiger partial charge in [0.2, 0.25) is 5.95 Å². The topological polar surface area (TPSA) is 87.6 Å². The van der Waals surface area contributed by atoms with Gasteiger partial charge in [-0.15, -0.1) is 5.10 Å². The lowest BCUT2D eigenvalue weighted by Gasteiger charge is -2.15. The lowest BCUT2D eigenvalue weighted by Crippen LogP contribution is -2.10. The maximum Gasteiger partial charge on any atom is 0.254 e. The molecule has 0 bridgehead atoms. The molecule has 0 aliphatic carbocycles. The third kappa shape index (κ3) is 2.58. The van der Waals surface area contributed by atoms with Crippen LogP contribution in [0.25, 0.3) is 5.78 Å². The number of ether oxygens (including phenoxy) is 2. The SMILES string of the molecule is COc1cccc(O[C@@H](C)c2ccnc3nc(N)nn23)c1. The molecule has 1 aromatic carbocycles. The Hall–Kier alpha value is -2.83. The maximum atomic E-state index is 5.92. The molecule has 3 aromatic rings. The quantitative estimate of drug-likeness (QED) is 0.787. The van der Waals surface area contributed by atoms with Gasteiger partial charge in [0.05, 0.1) is 12.8 Å². The first kappa shape index (κ1) is 13.2. The van der Waals surface area contributed by atoms with Crippen LogP contribution in [-0.2, 0) is 0 Å². The van der Waals surface area contributed by atoms with Gasteiger partial charge in [0.1, 0.15) is 17.6 Å². The van der Waals surface area contributed by atoms with Gasteiger partial charge in [0.25, 0.3) is 5.78 Å². The fourth-order valence-corrected chi connectivity index (χ4v) is 2.07. The molecule has 108 valence electrons. The molecule has 0 saturated heterocycles. The van der Waals surface area contributed by atoms with E-state index in [9.17, 15) is 0 Å². The van der Waals surface area contributed by atoms with E-state index in [2.05, 4.69) is 15.1 Å². The fourth-order valence-electron chi connectivity index (χ4n) is 2.07. The van der Waals surface area contributed by atoms with Crippen molar-refractivity contribution < 1.29 is 9.47 Å². The van der Waals surface area contributed by atoms with Crippen molar-refractivity contribution in [2.45, 2.75) is 13.0 Å². The van der Waals surface area contributed by atoms with Gasteiger partial charge < -0.3 is 15.2 Å². The predicted molar refractivity (Wildman–Crippen MR) is 77.2 cm³/mol. The number of anilines is 1. The van der Waals surface area contributed by atoms with Crippen molar-refractivity contribution in [1.82, 2.24) is 19.6 Å². The highest BCUT2D eigenvalue weighted by Gasteiger charge is 2.14. The van der Waals surface area contributed by atoms with Crippen LogP contribution in [-0.4, -0.2) is 26.7 Å². The molecular weight excluding hydrogens is 270 g/mol. The van der Waals surface area contributed by atoms with Gasteiger partial charge in [0, 0.05) is 12.3 Å². The van der Waals surface area contributed by atoms with Crippen molar-refractivity contribution in [3.63, 3.8) is 0 Å². The van der Waals surface area contributed by atoms with Gasteiger partial charge in [-0.2, -0.15) is 9.50 Å². The van der Waals surface area contributed by atoms with E-state index < -0.39 is 0 Å². The standard InChI is InChI=1S/C14H15N5O2/c1-9(21-11-5-3-4-10(8-11)20-2)12-6-7-16-14-17-13(15)18-19(12)14/h3-9H,1-2H3,(H2,15,18)/t9-/m0/s1. The molecule has 0 spiro atoms. The average molecular weight is 285 g/mol. The zero-order valence-corrected chi connectivity index (χ0v) is 11.7. The van der Waals surface area contributed by atoms with Crippen LogP contribution in [0.5, 0.6) is 11.5 Å². The molecule has 0 radical (unpaired) electrons. The summed E-state index contributed by atoms with van der Waals surface area (Å²) in [6.07, 6.45) is 1.41. The highest BCUT2D eigenvalue weighted by Crippen LogP contribution is 2.25. The van der Waals surface area contributed by atoms with E-state index in [-0.39, 0.29) is 12.1 Å². The smallest absolute Gasteiger partial charge is 0.254 e. The number of nitrogen functional groups attached to an aromatic ring is 1. The van der Waals surface area contributed by atoms with Crippen LogP contribution < -0.4 is 15.2 Å². The Morgan fingerprint density at radius 2 is 2.05 bits per heavy atom. The van der Waals surface area contributed by atoms with Crippen LogP contribution in [0.2, 0.25) is 0 Å². The number of fused-ring (bicyclic) bond motifs is 1. The molecule has 0 aliphatic rings. The van der Waals surface area contributed by atoms with Crippen molar-refractivity contribution in [1.29, 1.82) is 0 Å². The van der Waals surface area contributed by atoms with Gasteiger partial charge in [0.15, 0.2) is 0 Å². The van der Waals surface area contributed by atoms with Crippen LogP contribution >= 0.6 is 0 Å². The molecule has 2 heterocycles. The lowest BCUT2D eigenvalue weighted by molar-refractivity contribution is 0.218. The van der Waals surface area contributed by atoms with E-state index in [0.29, 0.717) is 11.5 Å². The molecule has 0 saturated carbocycles. The summed E-state index contributed by atoms with van der Waals surface area (Å²) >= 11 is 0. The van der Waals surface area contributed by atoms with E-state index in [1.165, 1.54) is 0 Å². The summed E-state index contributed by atoms with van der Waals surface area (Å²) in [7, 11) is 1.62. The van der Waals surface area contributed by atoms with E-state index >= 15 is 0 Å². The summed E-state index contributed by atoms with van der Waals surface area (Å²) in [6.45, 7) is 1.92. The third-order valence-electron chi connectivity index (χ3n) is 3.06. The van der Waals surface area contributed by atoms with Crippen molar-refractivity contribution >= 4 is 11.7 Å². The number of hydrogen-bond acceptors (Lipinski definition) is 6. The highest BCUT2D eigenvalue weighted by molar-refractivity contribution is 5.36. The van der Waals surface area contributed by atoms with E-state index in [4.69, 9.17) is 15.2 Å². The van der Waals surface area contributed by atoms with Crippen molar-refractivity contribution in [2.75, 3.05) is 12.8 Å². The molecule has 7 nitrogen and oxygen atoms in total. The second kappa shape index (κ2) is 5.28. The highest BCUT2D eigenvalue weighted by atomic mass is 16.5. The summed E-state index contributed by atoms with van der Waals surface area (Å²) in [5, 5.41) is 4.13. The van der Waals surface area contributed by atoms with Gasteiger partial charge in [-0.3, -0.25) is 0 Å². The molecule has 0 aliphatic heterocycles. The molecule has 1 atom stereocenters. The Balaban J connectivity index is 1.91. The number of nitrogens with zero attached hydrogens (tertiary/aromatic N) is 4. The Bertz CT molecular complexity index is 771. The second-order valence-corrected chi connectivity index (χ2v) is 4.49. The van der Waals surface area contributed by atoms with Crippen LogP contribution in [0, 0.1) is 0 Å². The first-order chi connectivity index (χ1) is 10.2. The molecule has 0 fully saturated rings. The Morgan fingerprint density at radius 1 is 1.24 bits per heavy atom. The Labute approximate surface area is 121 Å². The molecule has 2 aromatic heterocycles. The largest absolute Gasteiger partial charge is 0.497 e. The molecule has 0 unspecified atom stereocenters. The summed E-state index contributed by atoms with van der Waals surface area (Å²) in [5.74, 6) is 2.08. The number of nitrogens with two attached hydrogens (primary N) is 1. The Morgan fingerprint density at radius 3 is 2.86 bits per heavy atom. The lowest BCUT2D eigenvalue weighted by atomic mass is 10.2. The zero-order chi connectivity index (χ0) is 14.8. The number of aromatic nitrogens is 4. The summed E-state index contributed by atoms with van der Waals surface area (Å²) in [6, 6.07) is 9.25. The van der Waals surface area contributed by atoms with Crippen LogP contribution in [0.15, 0.2) is 36.5 Å².